The molecule has 1 aromatic carbocycles. The lowest BCUT2D eigenvalue weighted by molar-refractivity contribution is -0.114. The molecule has 110 valence electrons. The van der Waals surface area contributed by atoms with Gasteiger partial charge in [0.1, 0.15) is 12.4 Å². The van der Waals surface area contributed by atoms with Crippen LogP contribution in [-0.4, -0.2) is 16.9 Å². The van der Waals surface area contributed by atoms with Crippen LogP contribution in [0.25, 0.3) is 0 Å². The van der Waals surface area contributed by atoms with Crippen molar-refractivity contribution >= 4 is 39.9 Å². The molecule has 8 heteroatoms. The molecule has 0 atom stereocenters. The van der Waals surface area contributed by atoms with Crippen molar-refractivity contribution in [1.82, 2.24) is 4.98 Å². The minimum absolute atomic E-state index is 0.0852. The standard InChI is InChI=1S/C13H10ClFN2O3S/c1-7(18)16-13-17-11(6-21-13)12(19)20-5-8-2-3-9(15)4-10(8)14/h2-4,6H,5H2,1H3,(H,16,17,18). The first-order valence-corrected chi connectivity index (χ1v) is 7.05. The largest absolute Gasteiger partial charge is 0.456 e. The van der Waals surface area contributed by atoms with Crippen molar-refractivity contribution in [3.8, 4) is 0 Å². The lowest BCUT2D eigenvalue weighted by atomic mass is 10.2. The number of hydrogen-bond acceptors (Lipinski definition) is 5. The highest BCUT2D eigenvalue weighted by atomic mass is 35.5. The van der Waals surface area contributed by atoms with Gasteiger partial charge in [0.25, 0.3) is 0 Å². The molecular formula is C13H10ClFN2O3S. The van der Waals surface area contributed by atoms with Crippen LogP contribution in [0.3, 0.4) is 0 Å². The fourth-order valence-electron chi connectivity index (χ4n) is 1.43. The first kappa shape index (κ1) is 15.4. The number of thiazole rings is 1. The van der Waals surface area contributed by atoms with Crippen LogP contribution >= 0.6 is 22.9 Å². The Morgan fingerprint density at radius 2 is 2.24 bits per heavy atom. The Hall–Kier alpha value is -1.99. The zero-order valence-corrected chi connectivity index (χ0v) is 12.4. The van der Waals surface area contributed by atoms with Gasteiger partial charge in [0.15, 0.2) is 10.8 Å². The normalized spacial score (nSPS) is 10.2. The Labute approximate surface area is 128 Å². The Morgan fingerprint density at radius 1 is 1.48 bits per heavy atom. The quantitative estimate of drug-likeness (QED) is 0.875. The molecular weight excluding hydrogens is 319 g/mol. The van der Waals surface area contributed by atoms with Gasteiger partial charge in [-0.15, -0.1) is 11.3 Å². The van der Waals surface area contributed by atoms with E-state index in [1.54, 1.807) is 0 Å². The number of hydrogen-bond donors (Lipinski definition) is 1. The summed E-state index contributed by atoms with van der Waals surface area (Å²) in [6.45, 7) is 1.25. The molecule has 0 radical (unpaired) electrons. The van der Waals surface area contributed by atoms with Crippen LogP contribution in [0.5, 0.6) is 0 Å². The summed E-state index contributed by atoms with van der Waals surface area (Å²) in [6, 6.07) is 3.81. The zero-order chi connectivity index (χ0) is 15.4. The van der Waals surface area contributed by atoms with Crippen molar-refractivity contribution in [2.24, 2.45) is 0 Å². The zero-order valence-electron chi connectivity index (χ0n) is 10.9. The third-order valence-corrected chi connectivity index (χ3v) is 3.48. The van der Waals surface area contributed by atoms with Gasteiger partial charge in [-0.25, -0.2) is 14.2 Å². The Balaban J connectivity index is 1.98. The van der Waals surface area contributed by atoms with Crippen LogP contribution < -0.4 is 5.32 Å². The molecule has 1 N–H and O–H groups in total. The fourth-order valence-corrected chi connectivity index (χ4v) is 2.38. The van der Waals surface area contributed by atoms with Crippen LogP contribution in [0.2, 0.25) is 5.02 Å². The van der Waals surface area contributed by atoms with Crippen molar-refractivity contribution in [3.63, 3.8) is 0 Å². The second-order valence-corrected chi connectivity index (χ2v) is 5.30. The highest BCUT2D eigenvalue weighted by Crippen LogP contribution is 2.20. The maximum Gasteiger partial charge on any atom is 0.358 e. The minimum Gasteiger partial charge on any atom is -0.456 e. The second kappa shape index (κ2) is 6.64. The van der Waals surface area contributed by atoms with Gasteiger partial charge in [-0.3, -0.25) is 4.79 Å². The summed E-state index contributed by atoms with van der Waals surface area (Å²) in [5.74, 6) is -1.39. The van der Waals surface area contributed by atoms with Crippen LogP contribution in [0.1, 0.15) is 23.0 Å². The van der Waals surface area contributed by atoms with E-state index in [0.717, 1.165) is 17.4 Å². The number of carbonyl (C=O) groups excluding carboxylic acids is 2. The molecule has 0 aliphatic rings. The minimum atomic E-state index is -0.650. The monoisotopic (exact) mass is 328 g/mol. The van der Waals surface area contributed by atoms with Gasteiger partial charge in [0.05, 0.1) is 5.02 Å². The van der Waals surface area contributed by atoms with E-state index in [4.69, 9.17) is 16.3 Å². The van der Waals surface area contributed by atoms with E-state index < -0.39 is 11.8 Å². The molecule has 0 aliphatic carbocycles. The highest BCUT2D eigenvalue weighted by molar-refractivity contribution is 7.14. The fraction of sp³-hybridized carbons (Fsp3) is 0.154. The van der Waals surface area contributed by atoms with Crippen LogP contribution in [-0.2, 0) is 16.1 Å². The van der Waals surface area contributed by atoms with Gasteiger partial charge in [-0.1, -0.05) is 17.7 Å². The van der Waals surface area contributed by atoms with Gasteiger partial charge in [-0.2, -0.15) is 0 Å². The number of nitrogens with one attached hydrogen (secondary N) is 1. The van der Waals surface area contributed by atoms with Crippen LogP contribution in [0.15, 0.2) is 23.6 Å². The van der Waals surface area contributed by atoms with Gasteiger partial charge >= 0.3 is 5.97 Å². The molecule has 1 amide bonds. The number of ether oxygens (including phenoxy) is 1. The smallest absolute Gasteiger partial charge is 0.358 e. The third kappa shape index (κ3) is 4.24. The summed E-state index contributed by atoms with van der Waals surface area (Å²) in [5.41, 5.74) is 0.575. The van der Waals surface area contributed by atoms with Crippen molar-refractivity contribution in [2.75, 3.05) is 5.32 Å². The Kier molecular flexibility index (Phi) is 4.87. The van der Waals surface area contributed by atoms with E-state index in [2.05, 4.69) is 10.3 Å². The Morgan fingerprint density at radius 3 is 2.90 bits per heavy atom. The number of carbonyl (C=O) groups is 2. The average molecular weight is 329 g/mol. The number of anilines is 1. The maximum atomic E-state index is 12.9. The number of halogens is 2. The lowest BCUT2D eigenvalue weighted by Crippen LogP contribution is -2.08. The summed E-state index contributed by atoms with van der Waals surface area (Å²) >= 11 is 6.94. The number of nitrogens with zero attached hydrogens (tertiary/aromatic N) is 1. The van der Waals surface area contributed by atoms with Gasteiger partial charge < -0.3 is 10.1 Å². The average Bonchev–Trinajstić information content (AvgIpc) is 2.85. The molecule has 21 heavy (non-hydrogen) atoms. The van der Waals surface area contributed by atoms with E-state index >= 15 is 0 Å². The number of aromatic nitrogens is 1. The number of rotatable bonds is 4. The molecule has 0 saturated heterocycles. The predicted molar refractivity (Wildman–Crippen MR) is 76.9 cm³/mol. The van der Waals surface area contributed by atoms with Crippen molar-refractivity contribution < 1.29 is 18.7 Å². The summed E-state index contributed by atoms with van der Waals surface area (Å²) in [4.78, 5) is 26.6. The van der Waals surface area contributed by atoms with Gasteiger partial charge in [0.2, 0.25) is 5.91 Å². The van der Waals surface area contributed by atoms with E-state index in [1.807, 2.05) is 0 Å². The lowest BCUT2D eigenvalue weighted by Gasteiger charge is -2.05. The molecule has 0 bridgehead atoms. The summed E-state index contributed by atoms with van der Waals surface area (Å²) in [7, 11) is 0. The van der Waals surface area contributed by atoms with E-state index in [9.17, 15) is 14.0 Å². The molecule has 0 spiro atoms. The van der Waals surface area contributed by atoms with E-state index in [-0.39, 0.29) is 23.2 Å². The molecule has 2 rings (SSSR count). The molecule has 1 heterocycles. The second-order valence-electron chi connectivity index (χ2n) is 4.03. The van der Waals surface area contributed by atoms with Gasteiger partial charge in [0, 0.05) is 17.9 Å². The first-order chi connectivity index (χ1) is 9.95. The van der Waals surface area contributed by atoms with E-state index in [1.165, 1.54) is 24.4 Å². The number of esters is 1. The summed E-state index contributed by atoms with van der Waals surface area (Å²) in [6.07, 6.45) is 0. The maximum absolute atomic E-state index is 12.9. The molecule has 0 saturated carbocycles. The van der Waals surface area contributed by atoms with Crippen LogP contribution in [0, 0.1) is 5.82 Å². The predicted octanol–water partition coefficient (Wildman–Crippen LogP) is 3.25. The summed E-state index contributed by atoms with van der Waals surface area (Å²) in [5, 5.41) is 4.43. The first-order valence-electron chi connectivity index (χ1n) is 5.80. The number of benzene rings is 1. The molecule has 5 nitrogen and oxygen atoms in total. The van der Waals surface area contributed by atoms with Gasteiger partial charge in [-0.05, 0) is 12.1 Å². The van der Waals surface area contributed by atoms with Crippen molar-refractivity contribution in [3.05, 3.63) is 45.7 Å². The van der Waals surface area contributed by atoms with Crippen molar-refractivity contribution in [1.29, 1.82) is 0 Å². The SMILES string of the molecule is CC(=O)Nc1nc(C(=O)OCc2ccc(F)cc2Cl)cs1. The highest BCUT2D eigenvalue weighted by Gasteiger charge is 2.14. The Bertz CT molecular complexity index is 690. The molecule has 0 unspecified atom stereocenters. The molecule has 0 fully saturated rings. The summed E-state index contributed by atoms with van der Waals surface area (Å²) < 4.78 is 17.9. The topological polar surface area (TPSA) is 68.3 Å². The van der Waals surface area contributed by atoms with Crippen molar-refractivity contribution in [2.45, 2.75) is 13.5 Å². The van der Waals surface area contributed by atoms with Crippen LogP contribution in [0.4, 0.5) is 9.52 Å². The van der Waals surface area contributed by atoms with E-state index in [0.29, 0.717) is 10.7 Å². The number of amides is 1. The molecule has 2 aromatic rings. The third-order valence-electron chi connectivity index (χ3n) is 2.37. The molecule has 1 aromatic heterocycles. The molecule has 0 aliphatic heterocycles.